The Morgan fingerprint density at radius 1 is 1.26 bits per heavy atom. The predicted molar refractivity (Wildman–Crippen MR) is 111 cm³/mol. The lowest BCUT2D eigenvalue weighted by Crippen LogP contribution is -2.57. The molecule has 1 aromatic carbocycles. The van der Waals surface area contributed by atoms with Crippen LogP contribution in [-0.4, -0.2) is 65.0 Å². The molecular weight excluding hydrogens is 382 g/mol. The van der Waals surface area contributed by atoms with Crippen LogP contribution in [-0.2, 0) is 16.0 Å². The molecule has 0 bridgehead atoms. The van der Waals surface area contributed by atoms with E-state index in [1.807, 2.05) is 36.1 Å². The second-order valence-electron chi connectivity index (χ2n) is 7.36. The van der Waals surface area contributed by atoms with Gasteiger partial charge in [0.05, 0.1) is 4.87 Å². The number of amides is 2. The highest BCUT2D eigenvalue weighted by atomic mass is 35.5. The lowest BCUT2D eigenvalue weighted by molar-refractivity contribution is -0.143. The number of halogens is 1. The van der Waals surface area contributed by atoms with Gasteiger partial charge in [-0.3, -0.25) is 9.59 Å². The van der Waals surface area contributed by atoms with E-state index in [1.54, 1.807) is 11.8 Å². The average Bonchev–Trinajstić information content (AvgIpc) is 3.04. The molecule has 0 aliphatic carbocycles. The van der Waals surface area contributed by atoms with Crippen LogP contribution in [0.25, 0.3) is 0 Å². The Bertz CT molecular complexity index is 674. The number of carbonyl (C=O) groups excluding carboxylic acids is 2. The minimum Gasteiger partial charge on any atom is -0.354 e. The third-order valence-corrected chi connectivity index (χ3v) is 7.41. The first-order chi connectivity index (χ1) is 12.9. The van der Waals surface area contributed by atoms with E-state index in [4.69, 9.17) is 11.6 Å². The third kappa shape index (κ3) is 4.61. The summed E-state index contributed by atoms with van der Waals surface area (Å²) in [5.74, 6) is 0.735. The van der Waals surface area contributed by atoms with Gasteiger partial charge in [0.1, 0.15) is 6.04 Å². The zero-order chi connectivity index (χ0) is 19.4. The normalized spacial score (nSPS) is 22.2. The molecular formula is C20H28ClN3O2S. The summed E-state index contributed by atoms with van der Waals surface area (Å²) in [7, 11) is 2.11. The highest BCUT2D eigenvalue weighted by Gasteiger charge is 2.52. The van der Waals surface area contributed by atoms with Crippen molar-refractivity contribution < 1.29 is 9.59 Å². The van der Waals surface area contributed by atoms with Gasteiger partial charge in [0.2, 0.25) is 11.8 Å². The fraction of sp³-hybridized carbons (Fsp3) is 0.600. The highest BCUT2D eigenvalue weighted by molar-refractivity contribution is 8.01. The molecule has 2 heterocycles. The maximum absolute atomic E-state index is 12.9. The van der Waals surface area contributed by atoms with Crippen molar-refractivity contribution in [2.24, 2.45) is 0 Å². The maximum Gasteiger partial charge on any atom is 0.243 e. The number of hydrogen-bond acceptors (Lipinski definition) is 4. The summed E-state index contributed by atoms with van der Waals surface area (Å²) >= 11 is 7.70. The van der Waals surface area contributed by atoms with Crippen LogP contribution in [0.4, 0.5) is 0 Å². The Kier molecular flexibility index (Phi) is 6.71. The molecule has 7 heteroatoms. The van der Waals surface area contributed by atoms with Gasteiger partial charge < -0.3 is 15.1 Å². The molecule has 0 aromatic heterocycles. The van der Waals surface area contributed by atoms with Crippen molar-refractivity contribution in [3.63, 3.8) is 0 Å². The number of benzene rings is 1. The first-order valence-electron chi connectivity index (χ1n) is 9.62. The van der Waals surface area contributed by atoms with Crippen LogP contribution in [0.5, 0.6) is 0 Å². The molecule has 1 unspecified atom stereocenters. The Hall–Kier alpha value is -1.24. The summed E-state index contributed by atoms with van der Waals surface area (Å²) in [5.41, 5.74) is 1.13. The lowest BCUT2D eigenvalue weighted by Gasteiger charge is -2.44. The molecule has 2 fully saturated rings. The quantitative estimate of drug-likeness (QED) is 0.812. The monoisotopic (exact) mass is 409 g/mol. The molecule has 0 radical (unpaired) electrons. The minimum atomic E-state index is -0.365. The Labute approximate surface area is 170 Å². The summed E-state index contributed by atoms with van der Waals surface area (Å²) in [6.07, 6.45) is 3.04. The molecule has 1 atom stereocenters. The maximum atomic E-state index is 12.9. The van der Waals surface area contributed by atoms with Crippen molar-refractivity contribution in [1.29, 1.82) is 0 Å². The topological polar surface area (TPSA) is 52.7 Å². The van der Waals surface area contributed by atoms with Crippen LogP contribution in [0.1, 0.15) is 31.7 Å². The van der Waals surface area contributed by atoms with E-state index in [2.05, 4.69) is 17.3 Å². The van der Waals surface area contributed by atoms with Crippen molar-refractivity contribution in [3.8, 4) is 0 Å². The number of carbonyl (C=O) groups is 2. The van der Waals surface area contributed by atoms with Crippen molar-refractivity contribution >= 4 is 35.2 Å². The van der Waals surface area contributed by atoms with Gasteiger partial charge in [0.15, 0.2) is 0 Å². The highest BCUT2D eigenvalue weighted by Crippen LogP contribution is 2.46. The zero-order valence-electron chi connectivity index (χ0n) is 16.0. The van der Waals surface area contributed by atoms with Crippen molar-refractivity contribution in [3.05, 3.63) is 34.9 Å². The van der Waals surface area contributed by atoms with Crippen molar-refractivity contribution in [2.75, 3.05) is 32.4 Å². The molecule has 1 aromatic rings. The van der Waals surface area contributed by atoms with Crippen LogP contribution in [0, 0.1) is 0 Å². The Morgan fingerprint density at radius 2 is 1.93 bits per heavy atom. The van der Waals surface area contributed by atoms with E-state index in [0.717, 1.165) is 37.9 Å². The summed E-state index contributed by atoms with van der Waals surface area (Å²) in [4.78, 5) is 29.6. The van der Waals surface area contributed by atoms with E-state index in [1.165, 1.54) is 0 Å². The van der Waals surface area contributed by atoms with E-state index in [0.29, 0.717) is 23.7 Å². The van der Waals surface area contributed by atoms with Crippen LogP contribution in [0.3, 0.4) is 0 Å². The van der Waals surface area contributed by atoms with E-state index in [9.17, 15) is 9.59 Å². The lowest BCUT2D eigenvalue weighted by atomic mass is 10.00. The summed E-state index contributed by atoms with van der Waals surface area (Å²) < 4.78 is 0. The zero-order valence-corrected chi connectivity index (χ0v) is 17.6. The largest absolute Gasteiger partial charge is 0.354 e. The second-order valence-corrected chi connectivity index (χ2v) is 9.18. The van der Waals surface area contributed by atoms with Gasteiger partial charge in [-0.1, -0.05) is 30.7 Å². The molecule has 3 rings (SSSR count). The molecule has 1 N–H and O–H groups in total. The molecule has 27 heavy (non-hydrogen) atoms. The number of likely N-dealkylation sites (tertiary alicyclic amines) is 1. The molecule has 2 amide bonds. The van der Waals surface area contributed by atoms with E-state index >= 15 is 0 Å². The second kappa shape index (κ2) is 8.84. The fourth-order valence-corrected chi connectivity index (χ4v) is 5.61. The summed E-state index contributed by atoms with van der Waals surface area (Å²) in [6, 6.07) is 7.30. The first kappa shape index (κ1) is 20.5. The van der Waals surface area contributed by atoms with Crippen LogP contribution >= 0.6 is 23.4 Å². The van der Waals surface area contributed by atoms with Crippen molar-refractivity contribution in [2.45, 2.75) is 43.5 Å². The van der Waals surface area contributed by atoms with Crippen LogP contribution in [0.15, 0.2) is 24.3 Å². The molecule has 2 aliphatic heterocycles. The fourth-order valence-electron chi connectivity index (χ4n) is 3.88. The molecule has 0 saturated carbocycles. The van der Waals surface area contributed by atoms with Crippen LogP contribution < -0.4 is 5.32 Å². The number of rotatable bonds is 5. The Balaban J connectivity index is 1.62. The number of piperidine rings is 1. The van der Waals surface area contributed by atoms with Gasteiger partial charge in [-0.2, -0.15) is 0 Å². The van der Waals surface area contributed by atoms with E-state index < -0.39 is 0 Å². The number of thioether (sulfide) groups is 1. The Morgan fingerprint density at radius 3 is 2.56 bits per heavy atom. The van der Waals surface area contributed by atoms with Gasteiger partial charge in [-0.15, -0.1) is 11.8 Å². The number of nitrogens with one attached hydrogen (secondary N) is 1. The molecule has 2 saturated heterocycles. The number of hydrogen-bond donors (Lipinski definition) is 1. The SMILES string of the molecule is CCC(=O)N1C(C(=O)NCCc2ccc(Cl)cc2)CSC12CCN(C)CC2. The molecule has 5 nitrogen and oxygen atoms in total. The number of nitrogens with zero attached hydrogens (tertiary/aromatic N) is 2. The van der Waals surface area contributed by atoms with Gasteiger partial charge in [0.25, 0.3) is 0 Å². The van der Waals surface area contributed by atoms with Gasteiger partial charge in [-0.05, 0) is 44.0 Å². The smallest absolute Gasteiger partial charge is 0.243 e. The summed E-state index contributed by atoms with van der Waals surface area (Å²) in [5, 5.41) is 3.75. The molecule has 148 valence electrons. The first-order valence-corrected chi connectivity index (χ1v) is 11.0. The predicted octanol–water partition coefficient (Wildman–Crippen LogP) is 2.77. The van der Waals surface area contributed by atoms with Gasteiger partial charge >= 0.3 is 0 Å². The van der Waals surface area contributed by atoms with Gasteiger partial charge in [-0.25, -0.2) is 0 Å². The minimum absolute atomic E-state index is 0.0333. The van der Waals surface area contributed by atoms with E-state index in [-0.39, 0.29) is 22.7 Å². The molecule has 1 spiro atoms. The third-order valence-electron chi connectivity index (χ3n) is 5.53. The molecule has 2 aliphatic rings. The summed E-state index contributed by atoms with van der Waals surface area (Å²) in [6.45, 7) is 4.37. The van der Waals surface area contributed by atoms with Gasteiger partial charge in [0, 0.05) is 36.8 Å². The van der Waals surface area contributed by atoms with Crippen LogP contribution in [0.2, 0.25) is 5.02 Å². The van der Waals surface area contributed by atoms with Crippen molar-refractivity contribution in [1.82, 2.24) is 15.1 Å². The average molecular weight is 410 g/mol. The standard InChI is InChI=1S/C20H28ClN3O2S/c1-3-18(25)24-17(14-27-20(24)9-12-23(2)13-10-20)19(26)22-11-8-15-4-6-16(21)7-5-15/h4-7,17H,3,8-14H2,1-2H3,(H,22,26).